The van der Waals surface area contributed by atoms with Gasteiger partial charge in [0.2, 0.25) is 0 Å². The van der Waals surface area contributed by atoms with Crippen molar-refractivity contribution in [1.82, 2.24) is 0 Å². The highest BCUT2D eigenvalue weighted by atomic mass is 16.5. The molecule has 2 aromatic rings. The monoisotopic (exact) mass is 398 g/mol. The average molecular weight is 398 g/mol. The van der Waals surface area contributed by atoms with E-state index in [0.717, 1.165) is 22.3 Å². The van der Waals surface area contributed by atoms with Crippen molar-refractivity contribution in [1.29, 1.82) is 10.5 Å². The maximum absolute atomic E-state index is 13.1. The van der Waals surface area contributed by atoms with Crippen molar-refractivity contribution in [3.8, 4) is 23.6 Å². The molecule has 5 heteroatoms. The number of nitriles is 2. The van der Waals surface area contributed by atoms with Gasteiger partial charge < -0.3 is 9.47 Å². The van der Waals surface area contributed by atoms with Gasteiger partial charge in [-0.1, -0.05) is 31.2 Å². The summed E-state index contributed by atoms with van der Waals surface area (Å²) in [7, 11) is 0. The first-order chi connectivity index (χ1) is 14.6. The zero-order chi connectivity index (χ0) is 21.3. The average Bonchev–Trinajstić information content (AvgIpc) is 2.74. The minimum atomic E-state index is -0.0139. The Hall–Kier alpha value is -3.83. The summed E-state index contributed by atoms with van der Waals surface area (Å²) in [5.74, 6) is 1.59. The molecule has 5 nitrogen and oxygen atoms in total. The molecule has 1 fully saturated rings. The Morgan fingerprint density at radius 3 is 1.80 bits per heavy atom. The van der Waals surface area contributed by atoms with Gasteiger partial charge in [0.15, 0.2) is 19.0 Å². The largest absolute Gasteiger partial charge is 0.479 e. The van der Waals surface area contributed by atoms with Crippen molar-refractivity contribution in [2.45, 2.75) is 19.8 Å². The smallest absolute Gasteiger partial charge is 0.185 e. The van der Waals surface area contributed by atoms with Crippen LogP contribution in [0.5, 0.6) is 11.5 Å². The fourth-order valence-corrected chi connectivity index (χ4v) is 3.49. The molecule has 1 aliphatic rings. The molecule has 2 aromatic carbocycles. The molecule has 1 saturated carbocycles. The number of hydrogen-bond acceptors (Lipinski definition) is 5. The van der Waals surface area contributed by atoms with E-state index in [0.29, 0.717) is 30.3 Å². The topological polar surface area (TPSA) is 83.1 Å². The molecule has 0 heterocycles. The normalized spacial score (nSPS) is 18.6. The van der Waals surface area contributed by atoms with Gasteiger partial charge >= 0.3 is 0 Å². The third-order valence-corrected chi connectivity index (χ3v) is 4.72. The second-order valence-electron chi connectivity index (χ2n) is 7.22. The van der Waals surface area contributed by atoms with E-state index in [9.17, 15) is 4.79 Å². The Kier molecular flexibility index (Phi) is 7.03. The molecule has 0 aromatic heterocycles. The van der Waals surface area contributed by atoms with Gasteiger partial charge in [-0.15, -0.1) is 0 Å². The van der Waals surface area contributed by atoms with Crippen LogP contribution in [0.4, 0.5) is 0 Å². The predicted molar refractivity (Wildman–Crippen MR) is 114 cm³/mol. The van der Waals surface area contributed by atoms with Gasteiger partial charge in [0, 0.05) is 11.1 Å². The van der Waals surface area contributed by atoms with E-state index >= 15 is 0 Å². The summed E-state index contributed by atoms with van der Waals surface area (Å²) in [6, 6.07) is 18.7. The minimum Gasteiger partial charge on any atom is -0.479 e. The summed E-state index contributed by atoms with van der Waals surface area (Å²) < 4.78 is 10.7. The quantitative estimate of drug-likeness (QED) is 0.643. The Balaban J connectivity index is 1.85. The number of benzene rings is 2. The lowest BCUT2D eigenvalue weighted by atomic mass is 9.81. The highest BCUT2D eigenvalue weighted by Crippen LogP contribution is 2.32. The highest BCUT2D eigenvalue weighted by molar-refractivity contribution is 6.14. The molecule has 30 heavy (non-hydrogen) atoms. The molecule has 0 unspecified atom stereocenters. The van der Waals surface area contributed by atoms with Crippen molar-refractivity contribution in [3.63, 3.8) is 0 Å². The van der Waals surface area contributed by atoms with Crippen LogP contribution >= 0.6 is 0 Å². The first-order valence-corrected chi connectivity index (χ1v) is 9.74. The molecule has 0 N–H and O–H groups in total. The van der Waals surface area contributed by atoms with Crippen LogP contribution in [-0.2, 0) is 4.79 Å². The number of carbonyl (C=O) groups excluding carboxylic acids is 1. The van der Waals surface area contributed by atoms with E-state index in [-0.39, 0.29) is 19.0 Å². The van der Waals surface area contributed by atoms with E-state index in [2.05, 4.69) is 6.92 Å². The molecular formula is C25H22N2O3. The Bertz CT molecular complexity index is 987. The lowest BCUT2D eigenvalue weighted by Crippen LogP contribution is -2.18. The molecule has 0 atom stereocenters. The molecule has 150 valence electrons. The maximum atomic E-state index is 13.1. The summed E-state index contributed by atoms with van der Waals surface area (Å²) in [5.41, 5.74) is 3.26. The Morgan fingerprint density at radius 2 is 1.37 bits per heavy atom. The highest BCUT2D eigenvalue weighted by Gasteiger charge is 2.25. The fourth-order valence-electron chi connectivity index (χ4n) is 3.49. The van der Waals surface area contributed by atoms with Crippen LogP contribution in [0.25, 0.3) is 12.2 Å². The summed E-state index contributed by atoms with van der Waals surface area (Å²) in [6.07, 6.45) is 5.23. The Labute approximate surface area is 176 Å². The van der Waals surface area contributed by atoms with Crippen LogP contribution in [-0.4, -0.2) is 19.0 Å². The SMILES string of the molecule is CC1CC(=Cc2cccc(OCC#N)c2)C(=O)C(=Cc2cccc(OCC#N)c2)C1. The standard InChI is InChI=1S/C25H22N2O3/c1-18-12-21(14-19-4-2-6-23(16-19)29-10-8-26)25(28)22(13-18)15-20-5-3-7-24(17-20)30-11-9-27/h2-7,14-18H,10-13H2,1H3. The lowest BCUT2D eigenvalue weighted by Gasteiger charge is -2.22. The minimum absolute atomic E-state index is 0.0139. The molecule has 0 radical (unpaired) electrons. The number of ketones is 1. The molecule has 0 saturated heterocycles. The van der Waals surface area contributed by atoms with Crippen LogP contribution in [0.1, 0.15) is 30.9 Å². The summed E-state index contributed by atoms with van der Waals surface area (Å²) >= 11 is 0. The molecule has 0 amide bonds. The fraction of sp³-hybridized carbons (Fsp3) is 0.240. The first-order valence-electron chi connectivity index (χ1n) is 9.74. The molecule has 3 rings (SSSR count). The van der Waals surface area contributed by atoms with Gasteiger partial charge in [-0.25, -0.2) is 0 Å². The van der Waals surface area contributed by atoms with Gasteiger partial charge in [-0.3, -0.25) is 4.79 Å². The summed E-state index contributed by atoms with van der Waals surface area (Å²) in [4.78, 5) is 13.1. The lowest BCUT2D eigenvalue weighted by molar-refractivity contribution is -0.113. The summed E-state index contributed by atoms with van der Waals surface area (Å²) in [6.45, 7) is 2.10. The van der Waals surface area contributed by atoms with Crippen molar-refractivity contribution in [3.05, 3.63) is 70.8 Å². The van der Waals surface area contributed by atoms with Crippen molar-refractivity contribution < 1.29 is 14.3 Å². The van der Waals surface area contributed by atoms with E-state index in [1.54, 1.807) is 12.1 Å². The van der Waals surface area contributed by atoms with Crippen molar-refractivity contribution in [2.24, 2.45) is 5.92 Å². The molecule has 1 aliphatic carbocycles. The number of nitrogens with zero attached hydrogens (tertiary/aromatic N) is 2. The molecule has 0 spiro atoms. The van der Waals surface area contributed by atoms with Gasteiger partial charge in [0.05, 0.1) is 0 Å². The van der Waals surface area contributed by atoms with Gasteiger partial charge in [0.25, 0.3) is 0 Å². The third kappa shape index (κ3) is 5.59. The van der Waals surface area contributed by atoms with Gasteiger partial charge in [0.1, 0.15) is 23.6 Å². The van der Waals surface area contributed by atoms with E-state index in [4.69, 9.17) is 20.0 Å². The number of hydrogen-bond donors (Lipinski definition) is 0. The summed E-state index contributed by atoms with van der Waals surface area (Å²) in [5, 5.41) is 17.3. The second-order valence-corrected chi connectivity index (χ2v) is 7.22. The van der Waals surface area contributed by atoms with Crippen LogP contribution in [0.15, 0.2) is 59.7 Å². The number of rotatable bonds is 6. The van der Waals surface area contributed by atoms with E-state index in [1.807, 2.05) is 60.7 Å². The van der Waals surface area contributed by atoms with Crippen LogP contribution in [0.3, 0.4) is 0 Å². The van der Waals surface area contributed by atoms with E-state index in [1.165, 1.54) is 0 Å². The van der Waals surface area contributed by atoms with Gasteiger partial charge in [-0.2, -0.15) is 10.5 Å². The van der Waals surface area contributed by atoms with Crippen LogP contribution in [0, 0.1) is 28.6 Å². The zero-order valence-electron chi connectivity index (χ0n) is 16.8. The Morgan fingerprint density at radius 1 is 0.900 bits per heavy atom. The molecule has 0 aliphatic heterocycles. The third-order valence-electron chi connectivity index (χ3n) is 4.72. The van der Waals surface area contributed by atoms with Crippen molar-refractivity contribution in [2.75, 3.05) is 13.2 Å². The van der Waals surface area contributed by atoms with Crippen LogP contribution in [0.2, 0.25) is 0 Å². The van der Waals surface area contributed by atoms with Gasteiger partial charge in [-0.05, 0) is 66.3 Å². The first kappa shape index (κ1) is 20.9. The number of Topliss-reactive ketones (excluding diaryl/α,β-unsaturated/α-hetero) is 1. The van der Waals surface area contributed by atoms with Crippen molar-refractivity contribution >= 4 is 17.9 Å². The maximum Gasteiger partial charge on any atom is 0.185 e. The number of carbonyl (C=O) groups is 1. The van der Waals surface area contributed by atoms with Crippen LogP contribution < -0.4 is 9.47 Å². The predicted octanol–water partition coefficient (Wildman–Crippen LogP) is 4.96. The van der Waals surface area contributed by atoms with E-state index < -0.39 is 0 Å². The number of allylic oxidation sites excluding steroid dienone is 2. The molecule has 0 bridgehead atoms. The second kappa shape index (κ2) is 10.1. The zero-order valence-corrected chi connectivity index (χ0v) is 16.8. The number of ether oxygens (including phenoxy) is 2. The molecular weight excluding hydrogens is 376 g/mol.